The van der Waals surface area contributed by atoms with E-state index in [0.29, 0.717) is 19.1 Å². The van der Waals surface area contributed by atoms with Gasteiger partial charge in [-0.25, -0.2) is 0 Å². The van der Waals surface area contributed by atoms with E-state index in [1.54, 1.807) is 0 Å². The molecule has 0 radical (unpaired) electrons. The van der Waals surface area contributed by atoms with E-state index in [1.165, 1.54) is 24.8 Å². The van der Waals surface area contributed by atoms with Gasteiger partial charge in [-0.15, -0.1) is 0 Å². The number of amides is 2. The number of likely N-dealkylation sites (tertiary alicyclic amines) is 1. The molecule has 3 fully saturated rings. The minimum atomic E-state index is -0.295. The van der Waals surface area contributed by atoms with E-state index < -0.39 is 0 Å². The van der Waals surface area contributed by atoms with E-state index in [0.717, 1.165) is 69.2 Å². The molecule has 6 nitrogen and oxygen atoms in total. The molecule has 2 aliphatic heterocycles. The first-order valence-corrected chi connectivity index (χ1v) is 14.4. The van der Waals surface area contributed by atoms with Crippen LogP contribution in [0.1, 0.15) is 100 Å². The molecule has 2 amide bonds. The normalized spacial score (nSPS) is 24.1. The molecule has 4 aliphatic rings. The van der Waals surface area contributed by atoms with Crippen molar-refractivity contribution in [3.63, 3.8) is 0 Å². The Balaban J connectivity index is 0.00000320. The van der Waals surface area contributed by atoms with Crippen LogP contribution < -0.4 is 5.32 Å². The van der Waals surface area contributed by atoms with E-state index in [-0.39, 0.29) is 42.8 Å². The van der Waals surface area contributed by atoms with Crippen molar-refractivity contribution in [2.75, 3.05) is 26.2 Å². The smallest absolute Gasteiger partial charge is 0.254 e. The zero-order valence-corrected chi connectivity index (χ0v) is 22.1. The van der Waals surface area contributed by atoms with E-state index in [1.807, 2.05) is 35.8 Å². The fourth-order valence-corrected chi connectivity index (χ4v) is 6.74. The summed E-state index contributed by atoms with van der Waals surface area (Å²) in [5.41, 5.74) is 3.15. The molecule has 5 rings (SSSR count). The first-order valence-electron chi connectivity index (χ1n) is 14.4. The number of rotatable bonds is 8. The lowest BCUT2D eigenvalue weighted by Crippen LogP contribution is -2.53. The standard InChI is InChI=1S/C30H43N3O3.H2/c1-20(2)29(35)28(21-8-4-3-5-9-21)33-17-15-25-24(11-6-12-26(25)30(33)36)22-10-7-16-32(19-22)27(34)18-31-23-13-14-23;/h6,11-12,20-23,28,31H,3-5,7-10,13-19H2,1-2H3;1H/t22?,28-;/m1./s1. The molecule has 0 spiro atoms. The molecule has 2 aliphatic carbocycles. The van der Waals surface area contributed by atoms with Crippen LogP contribution in [-0.2, 0) is 16.0 Å². The number of nitrogens with one attached hydrogen (secondary N) is 1. The van der Waals surface area contributed by atoms with Crippen LogP contribution >= 0.6 is 0 Å². The van der Waals surface area contributed by atoms with Gasteiger partial charge >= 0.3 is 0 Å². The Morgan fingerprint density at radius 3 is 2.53 bits per heavy atom. The van der Waals surface area contributed by atoms with Crippen LogP contribution in [-0.4, -0.2) is 65.7 Å². The average molecular weight is 496 g/mol. The van der Waals surface area contributed by atoms with Gasteiger partial charge in [-0.1, -0.05) is 45.2 Å². The van der Waals surface area contributed by atoms with Gasteiger partial charge in [0.2, 0.25) is 5.91 Å². The third-order valence-electron chi connectivity index (χ3n) is 8.93. The third kappa shape index (κ3) is 5.39. The van der Waals surface area contributed by atoms with E-state index in [9.17, 15) is 14.4 Å². The molecule has 1 saturated heterocycles. The van der Waals surface area contributed by atoms with Gasteiger partial charge in [-0.05, 0) is 68.1 Å². The highest BCUT2D eigenvalue weighted by molar-refractivity contribution is 6.00. The highest BCUT2D eigenvalue weighted by Crippen LogP contribution is 2.37. The summed E-state index contributed by atoms with van der Waals surface area (Å²) in [6.45, 7) is 6.54. The summed E-state index contributed by atoms with van der Waals surface area (Å²) in [6, 6.07) is 6.36. The Bertz CT molecular complexity index is 986. The van der Waals surface area contributed by atoms with Crippen molar-refractivity contribution >= 4 is 17.6 Å². The summed E-state index contributed by atoms with van der Waals surface area (Å²) in [5.74, 6) is 0.920. The van der Waals surface area contributed by atoms with Crippen LogP contribution in [0.4, 0.5) is 0 Å². The van der Waals surface area contributed by atoms with E-state index in [2.05, 4.69) is 11.4 Å². The summed E-state index contributed by atoms with van der Waals surface area (Å²) in [6.07, 6.45) is 10.8. The third-order valence-corrected chi connectivity index (χ3v) is 8.93. The minimum Gasteiger partial charge on any atom is -0.341 e. The second-order valence-electron chi connectivity index (χ2n) is 11.9. The predicted molar refractivity (Wildman–Crippen MR) is 143 cm³/mol. The molecule has 198 valence electrons. The molecule has 2 saturated carbocycles. The van der Waals surface area contributed by atoms with Crippen molar-refractivity contribution in [2.45, 2.75) is 96.1 Å². The number of nitrogens with zero attached hydrogens (tertiary/aromatic N) is 2. The number of carbonyl (C=O) groups excluding carboxylic acids is 3. The summed E-state index contributed by atoms with van der Waals surface area (Å²) in [4.78, 5) is 44.0. The molecule has 6 heteroatoms. The van der Waals surface area contributed by atoms with Gasteiger partial charge in [0.25, 0.3) is 5.91 Å². The van der Waals surface area contributed by atoms with Crippen molar-refractivity contribution < 1.29 is 15.8 Å². The van der Waals surface area contributed by atoms with Crippen molar-refractivity contribution in [3.05, 3.63) is 34.9 Å². The van der Waals surface area contributed by atoms with Gasteiger partial charge in [-0.3, -0.25) is 14.4 Å². The number of hydrogen-bond donors (Lipinski definition) is 1. The summed E-state index contributed by atoms with van der Waals surface area (Å²) in [7, 11) is 0. The van der Waals surface area contributed by atoms with Crippen molar-refractivity contribution in [1.29, 1.82) is 0 Å². The maximum absolute atomic E-state index is 13.9. The molecular formula is C30H45N3O3. The Kier molecular flexibility index (Phi) is 7.80. The molecular weight excluding hydrogens is 450 g/mol. The van der Waals surface area contributed by atoms with E-state index >= 15 is 0 Å². The quantitative estimate of drug-likeness (QED) is 0.574. The van der Waals surface area contributed by atoms with Gasteiger partial charge in [0.1, 0.15) is 0 Å². The Morgan fingerprint density at radius 1 is 1.03 bits per heavy atom. The molecule has 0 bridgehead atoms. The van der Waals surface area contributed by atoms with Gasteiger partial charge in [0.05, 0.1) is 12.6 Å². The zero-order valence-electron chi connectivity index (χ0n) is 22.1. The zero-order chi connectivity index (χ0) is 25.2. The summed E-state index contributed by atoms with van der Waals surface area (Å²) in [5, 5.41) is 3.35. The van der Waals surface area contributed by atoms with Crippen LogP contribution in [0.3, 0.4) is 0 Å². The fourth-order valence-electron chi connectivity index (χ4n) is 6.74. The van der Waals surface area contributed by atoms with Crippen molar-refractivity contribution in [1.82, 2.24) is 15.1 Å². The predicted octanol–water partition coefficient (Wildman–Crippen LogP) is 4.56. The van der Waals surface area contributed by atoms with Crippen LogP contribution in [0, 0.1) is 11.8 Å². The fraction of sp³-hybridized carbons (Fsp3) is 0.700. The number of fused-ring (bicyclic) bond motifs is 1. The highest BCUT2D eigenvalue weighted by atomic mass is 16.2. The van der Waals surface area contributed by atoms with Crippen molar-refractivity contribution in [3.8, 4) is 0 Å². The lowest BCUT2D eigenvalue weighted by atomic mass is 9.78. The Labute approximate surface area is 217 Å². The first-order chi connectivity index (χ1) is 17.4. The minimum absolute atomic E-state index is 0. The van der Waals surface area contributed by atoms with Gasteiger partial charge in [-0.2, -0.15) is 0 Å². The summed E-state index contributed by atoms with van der Waals surface area (Å²) < 4.78 is 0. The molecule has 1 aromatic carbocycles. The molecule has 1 unspecified atom stereocenters. The highest BCUT2D eigenvalue weighted by Gasteiger charge is 2.41. The molecule has 0 aromatic heterocycles. The number of Topliss-reactive ketones (excluding diaryl/α,β-unsaturated/α-hetero) is 1. The van der Waals surface area contributed by atoms with Crippen LogP contribution in [0.2, 0.25) is 0 Å². The molecule has 2 atom stereocenters. The molecule has 1 aromatic rings. The van der Waals surface area contributed by atoms with Gasteiger partial charge < -0.3 is 15.1 Å². The van der Waals surface area contributed by atoms with Crippen LogP contribution in [0.5, 0.6) is 0 Å². The van der Waals surface area contributed by atoms with Crippen LogP contribution in [0.15, 0.2) is 18.2 Å². The lowest BCUT2D eigenvalue weighted by molar-refractivity contribution is -0.131. The maximum Gasteiger partial charge on any atom is 0.254 e. The van der Waals surface area contributed by atoms with Gasteiger partial charge in [0, 0.05) is 44.5 Å². The number of hydrogen-bond acceptors (Lipinski definition) is 4. The Hall–Kier alpha value is -2.21. The topological polar surface area (TPSA) is 69.7 Å². The van der Waals surface area contributed by atoms with Crippen LogP contribution in [0.25, 0.3) is 0 Å². The number of benzene rings is 1. The first kappa shape index (κ1) is 25.4. The average Bonchev–Trinajstić information content (AvgIpc) is 3.74. The molecule has 1 N–H and O–H groups in total. The molecule has 2 heterocycles. The van der Waals surface area contributed by atoms with Crippen molar-refractivity contribution in [2.24, 2.45) is 11.8 Å². The second kappa shape index (κ2) is 11.0. The number of piperidine rings is 1. The SMILES string of the molecule is CC(C)C(=O)[C@@H](C1CCCCC1)N1CCc2c(cccc2C2CCCN(C(=O)CNC3CC3)C2)C1=O.[HH]. The lowest BCUT2D eigenvalue weighted by Gasteiger charge is -2.42. The Morgan fingerprint density at radius 2 is 1.81 bits per heavy atom. The van der Waals surface area contributed by atoms with E-state index in [4.69, 9.17) is 0 Å². The number of ketones is 1. The number of carbonyl (C=O) groups is 3. The molecule has 36 heavy (non-hydrogen) atoms. The van der Waals surface area contributed by atoms with Gasteiger partial charge in [0.15, 0.2) is 5.78 Å². The largest absolute Gasteiger partial charge is 0.341 e. The summed E-state index contributed by atoms with van der Waals surface area (Å²) >= 11 is 0. The second-order valence-corrected chi connectivity index (χ2v) is 11.9. The monoisotopic (exact) mass is 495 g/mol. The maximum atomic E-state index is 13.9.